The van der Waals surface area contributed by atoms with Gasteiger partial charge < -0.3 is 20.3 Å². The van der Waals surface area contributed by atoms with Gasteiger partial charge in [0.1, 0.15) is 6.61 Å². The van der Waals surface area contributed by atoms with Crippen molar-refractivity contribution >= 4 is 17.4 Å². The number of rotatable bonds is 4. The molecule has 0 spiro atoms. The molecule has 0 unspecified atom stereocenters. The summed E-state index contributed by atoms with van der Waals surface area (Å²) in [6.45, 7) is 2.02. The van der Waals surface area contributed by atoms with Gasteiger partial charge in [-0.2, -0.15) is 5.10 Å². The predicted molar refractivity (Wildman–Crippen MR) is 67.5 cm³/mol. The second kappa shape index (κ2) is 5.11. The van der Waals surface area contributed by atoms with Crippen molar-refractivity contribution < 1.29 is 14.1 Å². The molecule has 0 saturated carbocycles. The van der Waals surface area contributed by atoms with Crippen LogP contribution >= 0.6 is 0 Å². The van der Waals surface area contributed by atoms with Gasteiger partial charge in [0.2, 0.25) is 0 Å². The van der Waals surface area contributed by atoms with Crippen LogP contribution in [-0.4, -0.2) is 28.0 Å². The molecule has 0 atom stereocenters. The summed E-state index contributed by atoms with van der Waals surface area (Å²) in [7, 11) is 3.22. The summed E-state index contributed by atoms with van der Waals surface area (Å²) in [5.74, 6) is 0.487. The van der Waals surface area contributed by atoms with Crippen molar-refractivity contribution in [3.63, 3.8) is 0 Å². The average molecular weight is 265 g/mol. The molecule has 3 N–H and O–H groups in total. The standard InChI is InChI=1S/C11H15N5O3/c1-6-9(12)10(16(2)14-6)13-11(17)8-4-7(5-18-3)19-15-8/h4H,5,12H2,1-3H3,(H,13,17). The smallest absolute Gasteiger partial charge is 0.279 e. The fourth-order valence-electron chi connectivity index (χ4n) is 1.62. The van der Waals surface area contributed by atoms with Gasteiger partial charge in [-0.1, -0.05) is 5.16 Å². The van der Waals surface area contributed by atoms with Gasteiger partial charge in [-0.05, 0) is 6.92 Å². The number of methoxy groups -OCH3 is 1. The molecule has 2 heterocycles. The summed E-state index contributed by atoms with van der Waals surface area (Å²) < 4.78 is 11.3. The van der Waals surface area contributed by atoms with E-state index in [-0.39, 0.29) is 12.3 Å². The molecule has 8 nitrogen and oxygen atoms in total. The first kappa shape index (κ1) is 13.1. The number of ether oxygens (including phenoxy) is 1. The number of aryl methyl sites for hydroxylation is 2. The number of nitrogens with one attached hydrogen (secondary N) is 1. The first-order valence-corrected chi connectivity index (χ1v) is 5.58. The van der Waals surface area contributed by atoms with Crippen LogP contribution in [0, 0.1) is 6.92 Å². The topological polar surface area (TPSA) is 108 Å². The summed E-state index contributed by atoms with van der Waals surface area (Å²) >= 11 is 0. The normalized spacial score (nSPS) is 10.7. The molecular weight excluding hydrogens is 250 g/mol. The summed E-state index contributed by atoms with van der Waals surface area (Å²) in [6, 6.07) is 1.51. The van der Waals surface area contributed by atoms with Gasteiger partial charge in [0.15, 0.2) is 17.3 Å². The van der Waals surface area contributed by atoms with Crippen molar-refractivity contribution in [2.45, 2.75) is 13.5 Å². The third-order valence-electron chi connectivity index (χ3n) is 2.58. The third-order valence-corrected chi connectivity index (χ3v) is 2.58. The van der Waals surface area contributed by atoms with Crippen LogP contribution < -0.4 is 11.1 Å². The lowest BCUT2D eigenvalue weighted by Gasteiger charge is -2.03. The Morgan fingerprint density at radius 3 is 2.95 bits per heavy atom. The molecular formula is C11H15N5O3. The second-order valence-corrected chi connectivity index (χ2v) is 4.04. The maximum atomic E-state index is 12.0. The van der Waals surface area contributed by atoms with E-state index in [0.717, 1.165) is 0 Å². The highest BCUT2D eigenvalue weighted by Gasteiger charge is 2.17. The molecule has 0 bridgehead atoms. The van der Waals surface area contributed by atoms with E-state index in [2.05, 4.69) is 15.6 Å². The zero-order valence-electron chi connectivity index (χ0n) is 10.9. The fourth-order valence-corrected chi connectivity index (χ4v) is 1.62. The van der Waals surface area contributed by atoms with Gasteiger partial charge in [-0.3, -0.25) is 9.48 Å². The summed E-state index contributed by atoms with van der Waals surface area (Å²) in [4.78, 5) is 12.0. The van der Waals surface area contributed by atoms with Gasteiger partial charge in [0.25, 0.3) is 5.91 Å². The number of hydrogen-bond donors (Lipinski definition) is 2. The van der Waals surface area contributed by atoms with E-state index in [9.17, 15) is 4.79 Å². The Bertz CT molecular complexity index is 601. The molecule has 102 valence electrons. The number of anilines is 2. The lowest BCUT2D eigenvalue weighted by atomic mass is 10.3. The molecule has 2 aromatic heterocycles. The van der Waals surface area contributed by atoms with Crippen LogP contribution in [0.2, 0.25) is 0 Å². The number of carbonyl (C=O) groups excluding carboxylic acids is 1. The van der Waals surface area contributed by atoms with E-state index >= 15 is 0 Å². The first-order chi connectivity index (χ1) is 9.02. The van der Waals surface area contributed by atoms with E-state index in [1.165, 1.54) is 17.9 Å². The average Bonchev–Trinajstić information content (AvgIpc) is 2.91. The van der Waals surface area contributed by atoms with Crippen LogP contribution in [0.3, 0.4) is 0 Å². The Morgan fingerprint density at radius 1 is 1.63 bits per heavy atom. The van der Waals surface area contributed by atoms with Gasteiger partial charge >= 0.3 is 0 Å². The number of amides is 1. The molecule has 0 aromatic carbocycles. The minimum atomic E-state index is -0.416. The second-order valence-electron chi connectivity index (χ2n) is 4.04. The van der Waals surface area contributed by atoms with Gasteiger partial charge in [0.05, 0.1) is 11.4 Å². The van der Waals surface area contributed by atoms with Gasteiger partial charge in [-0.25, -0.2) is 0 Å². The molecule has 0 aliphatic carbocycles. The van der Waals surface area contributed by atoms with Crippen molar-refractivity contribution in [2.75, 3.05) is 18.2 Å². The van der Waals surface area contributed by atoms with Crippen molar-refractivity contribution in [3.05, 3.63) is 23.2 Å². The van der Waals surface area contributed by atoms with E-state index in [4.69, 9.17) is 15.0 Å². The minimum Gasteiger partial charge on any atom is -0.394 e. The van der Waals surface area contributed by atoms with Crippen LogP contribution in [0.5, 0.6) is 0 Å². The molecule has 0 radical (unpaired) electrons. The van der Waals surface area contributed by atoms with Crippen LogP contribution in [0.25, 0.3) is 0 Å². The molecule has 19 heavy (non-hydrogen) atoms. The number of nitrogens with zero attached hydrogens (tertiary/aromatic N) is 3. The highest BCUT2D eigenvalue weighted by molar-refractivity contribution is 6.03. The number of aromatic nitrogens is 3. The third kappa shape index (κ3) is 2.58. The highest BCUT2D eigenvalue weighted by Crippen LogP contribution is 2.21. The lowest BCUT2D eigenvalue weighted by Crippen LogP contribution is -2.15. The largest absolute Gasteiger partial charge is 0.394 e. The fraction of sp³-hybridized carbons (Fsp3) is 0.364. The van der Waals surface area contributed by atoms with Crippen LogP contribution in [0.15, 0.2) is 10.6 Å². The molecule has 8 heteroatoms. The summed E-state index contributed by atoms with van der Waals surface area (Å²) in [6.07, 6.45) is 0. The lowest BCUT2D eigenvalue weighted by molar-refractivity contribution is 0.101. The Balaban J connectivity index is 2.16. The van der Waals surface area contributed by atoms with E-state index in [1.54, 1.807) is 14.0 Å². The zero-order chi connectivity index (χ0) is 14.0. The summed E-state index contributed by atoms with van der Waals surface area (Å²) in [5, 5.41) is 10.4. The molecule has 0 aliphatic heterocycles. The Kier molecular flexibility index (Phi) is 3.52. The summed E-state index contributed by atoms with van der Waals surface area (Å²) in [5.41, 5.74) is 7.06. The molecule has 0 fully saturated rings. The van der Waals surface area contributed by atoms with Gasteiger partial charge in [-0.15, -0.1) is 0 Å². The Hall–Kier alpha value is -2.35. The maximum absolute atomic E-state index is 12.0. The maximum Gasteiger partial charge on any atom is 0.279 e. The monoisotopic (exact) mass is 265 g/mol. The number of nitrogens with two attached hydrogens (primary N) is 1. The number of carbonyl (C=O) groups is 1. The van der Waals surface area contributed by atoms with Gasteiger partial charge in [0, 0.05) is 20.2 Å². The number of hydrogen-bond acceptors (Lipinski definition) is 6. The zero-order valence-corrected chi connectivity index (χ0v) is 10.9. The van der Waals surface area contributed by atoms with Crippen LogP contribution in [0.1, 0.15) is 21.9 Å². The number of nitrogen functional groups attached to an aromatic ring is 1. The van der Waals surface area contributed by atoms with Crippen molar-refractivity contribution in [1.29, 1.82) is 0 Å². The molecule has 0 aliphatic rings. The Morgan fingerprint density at radius 2 is 2.37 bits per heavy atom. The van der Waals surface area contributed by atoms with Crippen molar-refractivity contribution in [3.8, 4) is 0 Å². The quantitative estimate of drug-likeness (QED) is 0.842. The molecule has 0 saturated heterocycles. The molecule has 2 rings (SSSR count). The van der Waals surface area contributed by atoms with E-state index in [0.29, 0.717) is 23.0 Å². The highest BCUT2D eigenvalue weighted by atomic mass is 16.5. The molecule has 1 amide bonds. The molecule has 2 aromatic rings. The van der Waals surface area contributed by atoms with E-state index in [1.807, 2.05) is 0 Å². The first-order valence-electron chi connectivity index (χ1n) is 5.58. The SMILES string of the molecule is COCc1cc(C(=O)Nc2c(N)c(C)nn2C)no1. The minimum absolute atomic E-state index is 0.158. The van der Waals surface area contributed by atoms with Crippen LogP contribution in [-0.2, 0) is 18.4 Å². The van der Waals surface area contributed by atoms with E-state index < -0.39 is 5.91 Å². The van der Waals surface area contributed by atoms with Crippen molar-refractivity contribution in [1.82, 2.24) is 14.9 Å². The van der Waals surface area contributed by atoms with Crippen LogP contribution in [0.4, 0.5) is 11.5 Å². The Labute approximate surface area is 109 Å². The van der Waals surface area contributed by atoms with Crippen molar-refractivity contribution in [2.24, 2.45) is 7.05 Å². The predicted octanol–water partition coefficient (Wildman–Crippen LogP) is 0.697.